The SMILES string of the molecule is CCCN1CCc2cc(N(C)C)c(-c3nc4ccncc4[nH]3)cc21. The molecule has 0 amide bonds. The fourth-order valence-corrected chi connectivity index (χ4v) is 3.54. The molecule has 1 N–H and O–H groups in total. The van der Waals surface area contributed by atoms with Crippen molar-refractivity contribution in [1.29, 1.82) is 0 Å². The Morgan fingerprint density at radius 3 is 2.92 bits per heavy atom. The summed E-state index contributed by atoms with van der Waals surface area (Å²) in [4.78, 5) is 17.0. The van der Waals surface area contributed by atoms with Gasteiger partial charge in [0, 0.05) is 50.3 Å². The van der Waals surface area contributed by atoms with Crippen molar-refractivity contribution in [3.05, 3.63) is 36.2 Å². The Labute approximate surface area is 142 Å². The zero-order valence-electron chi connectivity index (χ0n) is 14.5. The van der Waals surface area contributed by atoms with Gasteiger partial charge in [-0.05, 0) is 36.6 Å². The van der Waals surface area contributed by atoms with Crippen LogP contribution in [0.2, 0.25) is 0 Å². The highest BCUT2D eigenvalue weighted by Crippen LogP contribution is 2.38. The molecule has 1 aromatic carbocycles. The first kappa shape index (κ1) is 15.0. The number of benzene rings is 1. The van der Waals surface area contributed by atoms with E-state index >= 15 is 0 Å². The number of nitrogens with zero attached hydrogens (tertiary/aromatic N) is 4. The molecule has 3 heterocycles. The molecule has 24 heavy (non-hydrogen) atoms. The maximum absolute atomic E-state index is 4.78. The molecule has 2 aromatic heterocycles. The minimum atomic E-state index is 0.910. The van der Waals surface area contributed by atoms with Crippen LogP contribution in [-0.2, 0) is 6.42 Å². The van der Waals surface area contributed by atoms with Gasteiger partial charge in [-0.25, -0.2) is 4.98 Å². The molecular weight excluding hydrogens is 298 g/mol. The number of H-pyrrole nitrogens is 1. The van der Waals surface area contributed by atoms with E-state index in [0.29, 0.717) is 0 Å². The van der Waals surface area contributed by atoms with Crippen LogP contribution in [0.15, 0.2) is 30.6 Å². The number of imidazole rings is 1. The Balaban J connectivity index is 1.88. The third-order valence-electron chi connectivity index (χ3n) is 4.70. The third kappa shape index (κ3) is 2.40. The topological polar surface area (TPSA) is 48.1 Å². The van der Waals surface area contributed by atoms with Crippen molar-refractivity contribution in [2.24, 2.45) is 0 Å². The Kier molecular flexibility index (Phi) is 3.63. The van der Waals surface area contributed by atoms with Gasteiger partial charge in [0.1, 0.15) is 5.82 Å². The molecule has 1 aliphatic heterocycles. The summed E-state index contributed by atoms with van der Waals surface area (Å²) in [5.74, 6) is 0.910. The van der Waals surface area contributed by atoms with E-state index in [1.165, 1.54) is 23.4 Å². The number of hydrogen-bond donors (Lipinski definition) is 1. The lowest BCUT2D eigenvalue weighted by atomic mass is 10.0. The number of aromatic nitrogens is 3. The molecule has 0 radical (unpaired) electrons. The van der Waals surface area contributed by atoms with Gasteiger partial charge in [-0.1, -0.05) is 6.92 Å². The lowest BCUT2D eigenvalue weighted by Gasteiger charge is -2.22. The largest absolute Gasteiger partial charge is 0.377 e. The van der Waals surface area contributed by atoms with Crippen molar-refractivity contribution in [2.75, 3.05) is 37.0 Å². The van der Waals surface area contributed by atoms with Gasteiger partial charge in [0.15, 0.2) is 0 Å². The molecule has 0 bridgehead atoms. The van der Waals surface area contributed by atoms with Crippen LogP contribution in [0.5, 0.6) is 0 Å². The standard InChI is InChI=1S/C19H23N5/c1-4-8-24-9-6-13-10-18(23(2)3)14(11-17(13)24)19-21-15-5-7-20-12-16(15)22-19/h5,7,10-12H,4,6,8-9H2,1-3H3,(H,21,22). The minimum absolute atomic E-state index is 0.910. The number of nitrogens with one attached hydrogen (secondary N) is 1. The molecule has 124 valence electrons. The molecular formula is C19H23N5. The fourth-order valence-electron chi connectivity index (χ4n) is 3.54. The number of rotatable bonds is 4. The summed E-state index contributed by atoms with van der Waals surface area (Å²) in [6, 6.07) is 6.58. The van der Waals surface area contributed by atoms with E-state index in [1.54, 1.807) is 6.20 Å². The fraction of sp³-hybridized carbons (Fsp3) is 0.368. The van der Waals surface area contributed by atoms with Crippen molar-refractivity contribution in [1.82, 2.24) is 15.0 Å². The molecule has 3 aromatic rings. The van der Waals surface area contributed by atoms with E-state index in [4.69, 9.17) is 4.98 Å². The molecule has 0 atom stereocenters. The summed E-state index contributed by atoms with van der Waals surface area (Å²) in [5.41, 5.74) is 7.08. The quantitative estimate of drug-likeness (QED) is 0.799. The van der Waals surface area contributed by atoms with Crippen molar-refractivity contribution in [3.63, 3.8) is 0 Å². The van der Waals surface area contributed by atoms with Gasteiger partial charge >= 0.3 is 0 Å². The number of hydrogen-bond acceptors (Lipinski definition) is 4. The molecule has 5 nitrogen and oxygen atoms in total. The van der Waals surface area contributed by atoms with E-state index in [-0.39, 0.29) is 0 Å². The highest BCUT2D eigenvalue weighted by atomic mass is 15.1. The predicted octanol–water partition coefficient (Wildman–Crippen LogP) is 3.46. The van der Waals surface area contributed by atoms with Crippen LogP contribution in [0.1, 0.15) is 18.9 Å². The van der Waals surface area contributed by atoms with Crippen LogP contribution >= 0.6 is 0 Å². The van der Waals surface area contributed by atoms with E-state index in [9.17, 15) is 0 Å². The Morgan fingerprint density at radius 2 is 2.17 bits per heavy atom. The second-order valence-corrected chi connectivity index (χ2v) is 6.61. The Morgan fingerprint density at radius 1 is 1.29 bits per heavy atom. The lowest BCUT2D eigenvalue weighted by molar-refractivity contribution is 0.797. The Hall–Kier alpha value is -2.56. The third-order valence-corrected chi connectivity index (χ3v) is 4.70. The number of fused-ring (bicyclic) bond motifs is 2. The summed E-state index contributed by atoms with van der Waals surface area (Å²) >= 11 is 0. The van der Waals surface area contributed by atoms with Crippen LogP contribution < -0.4 is 9.80 Å². The monoisotopic (exact) mass is 321 g/mol. The van der Waals surface area contributed by atoms with Crippen LogP contribution in [0.25, 0.3) is 22.4 Å². The first-order valence-electron chi connectivity index (χ1n) is 8.56. The summed E-state index contributed by atoms with van der Waals surface area (Å²) in [6.45, 7) is 4.46. The van der Waals surface area contributed by atoms with E-state index in [1.807, 2.05) is 12.3 Å². The summed E-state index contributed by atoms with van der Waals surface area (Å²) < 4.78 is 0. The first-order valence-corrected chi connectivity index (χ1v) is 8.56. The molecule has 0 saturated carbocycles. The van der Waals surface area contributed by atoms with Gasteiger partial charge in [0.25, 0.3) is 0 Å². The number of anilines is 2. The predicted molar refractivity (Wildman–Crippen MR) is 99.9 cm³/mol. The molecule has 0 fully saturated rings. The van der Waals surface area contributed by atoms with E-state index in [2.05, 4.69) is 52.9 Å². The average molecular weight is 321 g/mol. The molecule has 0 aliphatic carbocycles. The summed E-state index contributed by atoms with van der Waals surface area (Å²) in [7, 11) is 4.18. The van der Waals surface area contributed by atoms with Gasteiger partial charge in [-0.15, -0.1) is 0 Å². The molecule has 1 aliphatic rings. The van der Waals surface area contributed by atoms with Crippen molar-refractivity contribution < 1.29 is 0 Å². The number of pyridine rings is 1. The van der Waals surface area contributed by atoms with Gasteiger partial charge in [0.2, 0.25) is 0 Å². The van der Waals surface area contributed by atoms with Crippen molar-refractivity contribution in [3.8, 4) is 11.4 Å². The van der Waals surface area contributed by atoms with Crippen molar-refractivity contribution in [2.45, 2.75) is 19.8 Å². The highest BCUT2D eigenvalue weighted by Gasteiger charge is 2.23. The second-order valence-electron chi connectivity index (χ2n) is 6.61. The van der Waals surface area contributed by atoms with Crippen molar-refractivity contribution >= 4 is 22.4 Å². The van der Waals surface area contributed by atoms with Crippen LogP contribution in [0, 0.1) is 0 Å². The smallest absolute Gasteiger partial charge is 0.140 e. The maximum Gasteiger partial charge on any atom is 0.140 e. The Bertz CT molecular complexity index is 848. The lowest BCUT2D eigenvalue weighted by Crippen LogP contribution is -2.21. The summed E-state index contributed by atoms with van der Waals surface area (Å²) in [5, 5.41) is 0. The maximum atomic E-state index is 4.78. The van der Waals surface area contributed by atoms with Crippen LogP contribution in [-0.4, -0.2) is 42.1 Å². The van der Waals surface area contributed by atoms with Crippen LogP contribution in [0.4, 0.5) is 11.4 Å². The highest BCUT2D eigenvalue weighted by molar-refractivity contribution is 5.86. The second kappa shape index (κ2) is 5.82. The molecule has 4 rings (SSSR count). The number of aromatic amines is 1. The molecule has 0 saturated heterocycles. The zero-order valence-corrected chi connectivity index (χ0v) is 14.5. The van der Waals surface area contributed by atoms with E-state index in [0.717, 1.165) is 41.9 Å². The molecule has 5 heteroatoms. The minimum Gasteiger partial charge on any atom is -0.377 e. The van der Waals surface area contributed by atoms with E-state index < -0.39 is 0 Å². The van der Waals surface area contributed by atoms with Gasteiger partial charge in [-0.3, -0.25) is 4.98 Å². The van der Waals surface area contributed by atoms with Gasteiger partial charge < -0.3 is 14.8 Å². The van der Waals surface area contributed by atoms with Crippen LogP contribution in [0.3, 0.4) is 0 Å². The normalized spacial score (nSPS) is 13.5. The zero-order chi connectivity index (χ0) is 16.7. The molecule has 0 unspecified atom stereocenters. The van der Waals surface area contributed by atoms with Gasteiger partial charge in [-0.2, -0.15) is 0 Å². The van der Waals surface area contributed by atoms with Gasteiger partial charge in [0.05, 0.1) is 17.2 Å². The molecule has 0 spiro atoms. The average Bonchev–Trinajstić information content (AvgIpc) is 3.17. The first-order chi connectivity index (χ1) is 11.7. The summed E-state index contributed by atoms with van der Waals surface area (Å²) in [6.07, 6.45) is 5.91.